The number of amides is 1. The fourth-order valence-electron chi connectivity index (χ4n) is 1.14. The van der Waals surface area contributed by atoms with E-state index in [4.69, 9.17) is 11.6 Å². The first-order valence-electron chi connectivity index (χ1n) is 4.91. The van der Waals surface area contributed by atoms with E-state index >= 15 is 0 Å². The normalized spacial score (nSPS) is 11.2. The largest absolute Gasteiger partial charge is 0.359 e. The fraction of sp³-hybridized carbons (Fsp3) is 0.300. The van der Waals surface area contributed by atoms with Gasteiger partial charge in [0.1, 0.15) is 0 Å². The number of halogens is 1. The fourth-order valence-corrected chi connectivity index (χ4v) is 2.47. The molecule has 0 saturated heterocycles. The third kappa shape index (κ3) is 4.33. The van der Waals surface area contributed by atoms with Crippen LogP contribution in [0, 0.1) is 0 Å². The lowest BCUT2D eigenvalue weighted by Gasteiger charge is -2.06. The van der Waals surface area contributed by atoms with Crippen LogP contribution in [0.2, 0.25) is 5.02 Å². The van der Waals surface area contributed by atoms with Crippen LogP contribution in [0.5, 0.6) is 0 Å². The van der Waals surface area contributed by atoms with Gasteiger partial charge in [0.25, 0.3) is 0 Å². The zero-order chi connectivity index (χ0) is 12.9. The van der Waals surface area contributed by atoms with Crippen molar-refractivity contribution >= 4 is 27.5 Å². The van der Waals surface area contributed by atoms with E-state index in [2.05, 4.69) is 10.0 Å². The Kier molecular flexibility index (Phi) is 4.92. The Balaban J connectivity index is 2.66. The van der Waals surface area contributed by atoms with E-state index in [1.165, 1.54) is 19.2 Å². The van der Waals surface area contributed by atoms with E-state index in [1.807, 2.05) is 0 Å². The molecule has 17 heavy (non-hydrogen) atoms. The molecule has 0 radical (unpaired) electrons. The molecule has 0 aliphatic heterocycles. The van der Waals surface area contributed by atoms with Gasteiger partial charge in [-0.25, -0.2) is 13.1 Å². The van der Waals surface area contributed by atoms with Gasteiger partial charge in [0.2, 0.25) is 15.9 Å². The summed E-state index contributed by atoms with van der Waals surface area (Å²) in [5.74, 6) is -0.223. The molecule has 0 spiro atoms. The third-order valence-corrected chi connectivity index (χ3v) is 3.72. The van der Waals surface area contributed by atoms with Crippen molar-refractivity contribution in [3.05, 3.63) is 29.3 Å². The summed E-state index contributed by atoms with van der Waals surface area (Å²) in [6.45, 7) is 0.0501. The second-order valence-electron chi connectivity index (χ2n) is 3.28. The number of nitrogens with one attached hydrogen (secondary N) is 2. The standard InChI is InChI=1S/C10H13ClN2O3S/c1-12-10(14)5-6-13-17(15,16)9-4-2-3-8(11)7-9/h2-4,7,13H,5-6H2,1H3,(H,12,14). The first kappa shape index (κ1) is 14.0. The molecular weight excluding hydrogens is 264 g/mol. The van der Waals surface area contributed by atoms with Crippen LogP contribution in [0.15, 0.2) is 29.2 Å². The molecule has 0 atom stereocenters. The van der Waals surface area contributed by atoms with Crippen LogP contribution >= 0.6 is 11.6 Å². The van der Waals surface area contributed by atoms with Crippen molar-refractivity contribution in [2.24, 2.45) is 0 Å². The zero-order valence-corrected chi connectivity index (χ0v) is 10.8. The second kappa shape index (κ2) is 6.00. The number of hydrogen-bond donors (Lipinski definition) is 2. The quantitative estimate of drug-likeness (QED) is 0.833. The average molecular weight is 277 g/mol. The summed E-state index contributed by atoms with van der Waals surface area (Å²) in [4.78, 5) is 11.0. The lowest BCUT2D eigenvalue weighted by molar-refractivity contribution is -0.120. The van der Waals surface area contributed by atoms with Gasteiger partial charge in [-0.2, -0.15) is 0 Å². The Bertz CT molecular complexity index is 502. The molecule has 1 aromatic carbocycles. The molecule has 7 heteroatoms. The Labute approximate surface area is 105 Å². The summed E-state index contributed by atoms with van der Waals surface area (Å²) in [7, 11) is -2.11. The third-order valence-electron chi connectivity index (χ3n) is 2.03. The number of rotatable bonds is 5. The Morgan fingerprint density at radius 2 is 2.12 bits per heavy atom. The van der Waals surface area contributed by atoms with Crippen molar-refractivity contribution in [3.63, 3.8) is 0 Å². The van der Waals surface area contributed by atoms with Crippen molar-refractivity contribution in [2.45, 2.75) is 11.3 Å². The highest BCUT2D eigenvalue weighted by molar-refractivity contribution is 7.89. The Morgan fingerprint density at radius 3 is 2.71 bits per heavy atom. The topological polar surface area (TPSA) is 75.3 Å². The summed E-state index contributed by atoms with van der Waals surface area (Å²) in [6.07, 6.45) is 0.0935. The minimum atomic E-state index is -3.60. The average Bonchev–Trinajstić information content (AvgIpc) is 2.28. The van der Waals surface area contributed by atoms with E-state index in [0.29, 0.717) is 5.02 Å². The van der Waals surface area contributed by atoms with Gasteiger partial charge in [0.05, 0.1) is 4.90 Å². The number of sulfonamides is 1. The van der Waals surface area contributed by atoms with Gasteiger partial charge < -0.3 is 5.32 Å². The zero-order valence-electron chi connectivity index (χ0n) is 9.23. The van der Waals surface area contributed by atoms with Gasteiger partial charge in [0, 0.05) is 25.0 Å². The molecule has 2 N–H and O–H groups in total. The molecule has 0 aliphatic rings. The maximum Gasteiger partial charge on any atom is 0.240 e. The van der Waals surface area contributed by atoms with Gasteiger partial charge in [0.15, 0.2) is 0 Å². The molecule has 1 amide bonds. The predicted molar refractivity (Wildman–Crippen MR) is 65.3 cm³/mol. The summed E-state index contributed by atoms with van der Waals surface area (Å²) < 4.78 is 25.8. The molecule has 94 valence electrons. The molecule has 0 fully saturated rings. The lowest BCUT2D eigenvalue weighted by atomic mass is 10.4. The van der Waals surface area contributed by atoms with Crippen molar-refractivity contribution in [3.8, 4) is 0 Å². The predicted octanol–water partition coefficient (Wildman–Crippen LogP) is 0.754. The van der Waals surface area contributed by atoms with E-state index in [1.54, 1.807) is 12.1 Å². The van der Waals surface area contributed by atoms with E-state index in [-0.39, 0.29) is 23.8 Å². The summed E-state index contributed by atoms with van der Waals surface area (Å²) in [5, 5.41) is 2.75. The van der Waals surface area contributed by atoms with E-state index in [9.17, 15) is 13.2 Å². The minimum absolute atomic E-state index is 0.0501. The number of hydrogen-bond acceptors (Lipinski definition) is 3. The summed E-state index contributed by atoms with van der Waals surface area (Å²) in [5.41, 5.74) is 0. The SMILES string of the molecule is CNC(=O)CCNS(=O)(=O)c1cccc(Cl)c1. The molecular formula is C10H13ClN2O3S. The molecule has 0 heterocycles. The van der Waals surface area contributed by atoms with Gasteiger partial charge in [-0.3, -0.25) is 4.79 Å². The first-order valence-corrected chi connectivity index (χ1v) is 6.77. The van der Waals surface area contributed by atoms with E-state index in [0.717, 1.165) is 0 Å². The smallest absolute Gasteiger partial charge is 0.240 e. The molecule has 1 rings (SSSR count). The summed E-state index contributed by atoms with van der Waals surface area (Å²) in [6, 6.07) is 5.93. The van der Waals surface area contributed by atoms with Gasteiger partial charge in [-0.15, -0.1) is 0 Å². The van der Waals surface area contributed by atoms with Crippen LogP contribution in [0.4, 0.5) is 0 Å². The van der Waals surface area contributed by atoms with Crippen LogP contribution in [-0.4, -0.2) is 27.9 Å². The van der Waals surface area contributed by atoms with Gasteiger partial charge >= 0.3 is 0 Å². The molecule has 0 aliphatic carbocycles. The molecule has 0 saturated carbocycles. The van der Waals surface area contributed by atoms with Crippen LogP contribution in [0.1, 0.15) is 6.42 Å². The molecule has 1 aromatic rings. The highest BCUT2D eigenvalue weighted by Gasteiger charge is 2.13. The molecule has 0 aromatic heterocycles. The minimum Gasteiger partial charge on any atom is -0.359 e. The Hall–Kier alpha value is -1.11. The van der Waals surface area contributed by atoms with Crippen molar-refractivity contribution < 1.29 is 13.2 Å². The highest BCUT2D eigenvalue weighted by Crippen LogP contribution is 2.14. The van der Waals surface area contributed by atoms with Crippen LogP contribution in [0.3, 0.4) is 0 Å². The number of carbonyl (C=O) groups is 1. The van der Waals surface area contributed by atoms with Gasteiger partial charge in [-0.1, -0.05) is 17.7 Å². The maximum absolute atomic E-state index is 11.8. The molecule has 5 nitrogen and oxygen atoms in total. The van der Waals surface area contributed by atoms with Crippen molar-refractivity contribution in [1.82, 2.24) is 10.0 Å². The number of benzene rings is 1. The van der Waals surface area contributed by atoms with Crippen LogP contribution < -0.4 is 10.0 Å². The summed E-state index contributed by atoms with van der Waals surface area (Å²) >= 11 is 5.70. The molecule has 0 bridgehead atoms. The molecule has 0 unspecified atom stereocenters. The van der Waals surface area contributed by atoms with E-state index < -0.39 is 10.0 Å². The number of carbonyl (C=O) groups excluding carboxylic acids is 1. The van der Waals surface area contributed by atoms with Gasteiger partial charge in [-0.05, 0) is 18.2 Å². The lowest BCUT2D eigenvalue weighted by Crippen LogP contribution is -2.29. The maximum atomic E-state index is 11.8. The highest BCUT2D eigenvalue weighted by atomic mass is 35.5. The Morgan fingerprint density at radius 1 is 1.41 bits per heavy atom. The van der Waals surface area contributed by atoms with Crippen LogP contribution in [0.25, 0.3) is 0 Å². The first-order chi connectivity index (χ1) is 7.95. The monoisotopic (exact) mass is 276 g/mol. The second-order valence-corrected chi connectivity index (χ2v) is 5.48. The van der Waals surface area contributed by atoms with Crippen molar-refractivity contribution in [1.29, 1.82) is 0 Å². The van der Waals surface area contributed by atoms with Crippen molar-refractivity contribution in [2.75, 3.05) is 13.6 Å². The van der Waals surface area contributed by atoms with Crippen LogP contribution in [-0.2, 0) is 14.8 Å².